The van der Waals surface area contributed by atoms with Gasteiger partial charge in [0.05, 0.1) is 13.3 Å². The van der Waals surface area contributed by atoms with Crippen LogP contribution in [0.4, 0.5) is 5.82 Å². The Labute approximate surface area is 117 Å². The van der Waals surface area contributed by atoms with Crippen molar-refractivity contribution in [3.8, 4) is 11.5 Å². The molecule has 2 aromatic rings. The molecule has 0 spiro atoms. The molecule has 1 aromatic heterocycles. The zero-order chi connectivity index (χ0) is 14.4. The Morgan fingerprint density at radius 3 is 2.75 bits per heavy atom. The van der Waals surface area contributed by atoms with Crippen molar-refractivity contribution >= 4 is 11.7 Å². The summed E-state index contributed by atoms with van der Waals surface area (Å²) in [6.45, 7) is 2.55. The molecule has 0 atom stereocenters. The first-order valence-corrected chi connectivity index (χ1v) is 6.32. The van der Waals surface area contributed by atoms with Gasteiger partial charge in [0.2, 0.25) is 0 Å². The number of ether oxygens (including phenoxy) is 2. The molecule has 0 radical (unpaired) electrons. The minimum Gasteiger partial charge on any atom is -0.493 e. The fourth-order valence-electron chi connectivity index (χ4n) is 1.75. The number of rotatable bonds is 6. The highest BCUT2D eigenvalue weighted by Gasteiger charge is 2.09. The van der Waals surface area contributed by atoms with E-state index >= 15 is 0 Å². The van der Waals surface area contributed by atoms with Gasteiger partial charge in [-0.25, -0.2) is 4.68 Å². The number of amides is 1. The molecule has 20 heavy (non-hydrogen) atoms. The van der Waals surface area contributed by atoms with E-state index in [1.807, 2.05) is 19.1 Å². The van der Waals surface area contributed by atoms with Crippen molar-refractivity contribution in [1.29, 1.82) is 0 Å². The van der Waals surface area contributed by atoms with E-state index < -0.39 is 0 Å². The summed E-state index contributed by atoms with van der Waals surface area (Å²) in [5.41, 5.74) is 0. The van der Waals surface area contributed by atoms with Crippen LogP contribution in [0, 0.1) is 0 Å². The summed E-state index contributed by atoms with van der Waals surface area (Å²) in [5, 5.41) is 6.82. The maximum atomic E-state index is 11.8. The molecule has 2 rings (SSSR count). The number of aryl methyl sites for hydroxylation is 1. The van der Waals surface area contributed by atoms with Crippen LogP contribution >= 0.6 is 0 Å². The van der Waals surface area contributed by atoms with Gasteiger partial charge in [0.15, 0.2) is 18.1 Å². The number of hydrogen-bond acceptors (Lipinski definition) is 4. The minimum atomic E-state index is -0.244. The summed E-state index contributed by atoms with van der Waals surface area (Å²) < 4.78 is 12.3. The van der Waals surface area contributed by atoms with Crippen molar-refractivity contribution in [1.82, 2.24) is 9.78 Å². The molecule has 1 heterocycles. The molecule has 6 heteroatoms. The molecule has 0 aliphatic heterocycles. The highest BCUT2D eigenvalue weighted by atomic mass is 16.5. The Kier molecular flexibility index (Phi) is 4.60. The third kappa shape index (κ3) is 3.28. The number of nitrogens with zero attached hydrogens (tertiary/aromatic N) is 2. The lowest BCUT2D eigenvalue weighted by atomic mass is 10.3. The molecule has 1 N–H and O–H groups in total. The molecule has 1 aromatic carbocycles. The summed E-state index contributed by atoms with van der Waals surface area (Å²) in [7, 11) is 1.56. The minimum absolute atomic E-state index is 0.0880. The van der Waals surface area contributed by atoms with Gasteiger partial charge in [-0.3, -0.25) is 4.79 Å². The molecular formula is C14H17N3O3. The molecular weight excluding hydrogens is 258 g/mol. The van der Waals surface area contributed by atoms with Gasteiger partial charge in [-0.15, -0.1) is 0 Å². The Balaban J connectivity index is 1.92. The van der Waals surface area contributed by atoms with Crippen LogP contribution < -0.4 is 14.8 Å². The summed E-state index contributed by atoms with van der Waals surface area (Å²) in [6.07, 6.45) is 1.64. The fraction of sp³-hybridized carbons (Fsp3) is 0.286. The molecule has 1 amide bonds. The lowest BCUT2D eigenvalue weighted by molar-refractivity contribution is -0.118. The van der Waals surface area contributed by atoms with Crippen LogP contribution in [0.15, 0.2) is 36.5 Å². The maximum absolute atomic E-state index is 11.8. The number of benzene rings is 1. The smallest absolute Gasteiger partial charge is 0.263 e. The standard InChI is InChI=1S/C14H17N3O3/c1-3-17-13(8-9-15-17)16-14(18)10-20-12-7-5-4-6-11(12)19-2/h4-9H,3,10H2,1-2H3,(H,16,18). The largest absolute Gasteiger partial charge is 0.493 e. The van der Waals surface area contributed by atoms with Gasteiger partial charge in [-0.2, -0.15) is 5.10 Å². The van der Waals surface area contributed by atoms with Crippen molar-refractivity contribution in [2.45, 2.75) is 13.5 Å². The van der Waals surface area contributed by atoms with Crippen molar-refractivity contribution < 1.29 is 14.3 Å². The zero-order valence-electron chi connectivity index (χ0n) is 11.5. The second-order valence-electron chi connectivity index (χ2n) is 4.02. The van der Waals surface area contributed by atoms with Crippen LogP contribution in [0.1, 0.15) is 6.92 Å². The van der Waals surface area contributed by atoms with Crippen molar-refractivity contribution in [3.05, 3.63) is 36.5 Å². The molecule has 0 aliphatic carbocycles. The molecule has 0 bridgehead atoms. The van der Waals surface area contributed by atoms with E-state index in [9.17, 15) is 4.79 Å². The Hall–Kier alpha value is -2.50. The van der Waals surface area contributed by atoms with Crippen molar-refractivity contribution in [3.63, 3.8) is 0 Å². The van der Waals surface area contributed by atoms with Gasteiger partial charge in [-0.1, -0.05) is 12.1 Å². The second kappa shape index (κ2) is 6.60. The van der Waals surface area contributed by atoms with E-state index in [2.05, 4.69) is 10.4 Å². The van der Waals surface area contributed by atoms with E-state index in [1.54, 1.807) is 36.2 Å². The van der Waals surface area contributed by atoms with E-state index in [-0.39, 0.29) is 12.5 Å². The number of para-hydroxylation sites is 2. The monoisotopic (exact) mass is 275 g/mol. The number of aromatic nitrogens is 2. The van der Waals surface area contributed by atoms with Gasteiger partial charge in [0.1, 0.15) is 5.82 Å². The first kappa shape index (κ1) is 13.9. The number of anilines is 1. The van der Waals surface area contributed by atoms with Crippen LogP contribution in [0.25, 0.3) is 0 Å². The topological polar surface area (TPSA) is 65.4 Å². The number of hydrogen-bond donors (Lipinski definition) is 1. The van der Waals surface area contributed by atoms with Gasteiger partial charge in [0, 0.05) is 12.6 Å². The normalized spacial score (nSPS) is 10.1. The summed E-state index contributed by atoms with van der Waals surface area (Å²) in [5.74, 6) is 1.54. The molecule has 0 unspecified atom stereocenters. The van der Waals surface area contributed by atoms with Crippen LogP contribution in [0.3, 0.4) is 0 Å². The van der Waals surface area contributed by atoms with Gasteiger partial charge in [0.25, 0.3) is 5.91 Å². The molecule has 0 saturated heterocycles. The third-order valence-electron chi connectivity index (χ3n) is 2.71. The Bertz CT molecular complexity index is 581. The van der Waals surface area contributed by atoms with E-state index in [0.717, 1.165) is 0 Å². The predicted octanol–water partition coefficient (Wildman–Crippen LogP) is 1.93. The van der Waals surface area contributed by atoms with Gasteiger partial charge < -0.3 is 14.8 Å². The van der Waals surface area contributed by atoms with Crippen molar-refractivity contribution in [2.75, 3.05) is 19.0 Å². The summed E-state index contributed by atoms with van der Waals surface area (Å²) in [4.78, 5) is 11.8. The van der Waals surface area contributed by atoms with Crippen molar-refractivity contribution in [2.24, 2.45) is 0 Å². The molecule has 0 saturated carbocycles. The van der Waals surface area contributed by atoms with E-state index in [0.29, 0.717) is 23.9 Å². The highest BCUT2D eigenvalue weighted by molar-refractivity contribution is 5.91. The number of methoxy groups -OCH3 is 1. The Morgan fingerprint density at radius 2 is 2.05 bits per heavy atom. The van der Waals surface area contributed by atoms with Gasteiger partial charge >= 0.3 is 0 Å². The Morgan fingerprint density at radius 1 is 1.30 bits per heavy atom. The molecule has 106 valence electrons. The van der Waals surface area contributed by atoms with E-state index in [1.165, 1.54) is 0 Å². The lowest BCUT2D eigenvalue weighted by Crippen LogP contribution is -2.22. The van der Waals surface area contributed by atoms with Crippen LogP contribution in [0.2, 0.25) is 0 Å². The average Bonchev–Trinajstić information content (AvgIpc) is 2.92. The highest BCUT2D eigenvalue weighted by Crippen LogP contribution is 2.25. The summed E-state index contributed by atoms with van der Waals surface area (Å²) >= 11 is 0. The SMILES string of the molecule is CCn1nccc1NC(=O)COc1ccccc1OC. The number of carbonyl (C=O) groups excluding carboxylic acids is 1. The first-order chi connectivity index (χ1) is 9.74. The molecule has 6 nitrogen and oxygen atoms in total. The predicted molar refractivity (Wildman–Crippen MR) is 75.0 cm³/mol. The van der Waals surface area contributed by atoms with Crippen LogP contribution in [-0.4, -0.2) is 29.4 Å². The third-order valence-corrected chi connectivity index (χ3v) is 2.71. The average molecular weight is 275 g/mol. The van der Waals surface area contributed by atoms with Crippen LogP contribution in [-0.2, 0) is 11.3 Å². The zero-order valence-corrected chi connectivity index (χ0v) is 11.5. The fourth-order valence-corrected chi connectivity index (χ4v) is 1.75. The summed E-state index contributed by atoms with van der Waals surface area (Å²) in [6, 6.07) is 8.93. The quantitative estimate of drug-likeness (QED) is 0.874. The van der Waals surface area contributed by atoms with Gasteiger partial charge in [-0.05, 0) is 19.1 Å². The lowest BCUT2D eigenvalue weighted by Gasteiger charge is -2.10. The number of carbonyl (C=O) groups is 1. The van der Waals surface area contributed by atoms with E-state index in [4.69, 9.17) is 9.47 Å². The molecule has 0 aliphatic rings. The van der Waals surface area contributed by atoms with Crippen LogP contribution in [0.5, 0.6) is 11.5 Å². The second-order valence-corrected chi connectivity index (χ2v) is 4.02. The number of nitrogens with one attached hydrogen (secondary N) is 1. The maximum Gasteiger partial charge on any atom is 0.263 e. The first-order valence-electron chi connectivity index (χ1n) is 6.32. The molecule has 0 fully saturated rings.